The molecule has 1 fully saturated rings. The zero-order chi connectivity index (χ0) is 21.6. The minimum atomic E-state index is 0.725. The van der Waals surface area contributed by atoms with Gasteiger partial charge in [0.05, 0.1) is 0 Å². The van der Waals surface area contributed by atoms with E-state index in [4.69, 9.17) is 27.9 Å². The molecule has 1 heterocycles. The summed E-state index contributed by atoms with van der Waals surface area (Å²) in [5.74, 6) is 0.905. The highest BCUT2D eigenvalue weighted by molar-refractivity contribution is 6.31. The van der Waals surface area contributed by atoms with Gasteiger partial charge in [-0.3, -0.25) is 4.90 Å². The molecule has 0 N–H and O–H groups in total. The second kappa shape index (κ2) is 10.4. The monoisotopic (exact) mass is 451 g/mol. The van der Waals surface area contributed by atoms with Crippen LogP contribution in [0.2, 0.25) is 10.0 Å². The van der Waals surface area contributed by atoms with E-state index < -0.39 is 0 Å². The molecule has 0 atom stereocenters. The Morgan fingerprint density at radius 1 is 0.742 bits per heavy atom. The van der Waals surface area contributed by atoms with E-state index in [1.54, 1.807) is 0 Å². The lowest BCUT2D eigenvalue weighted by molar-refractivity contribution is 0.238. The van der Waals surface area contributed by atoms with Crippen molar-refractivity contribution in [2.75, 3.05) is 26.2 Å². The van der Waals surface area contributed by atoms with Crippen LogP contribution in [-0.2, 0) is 0 Å². The molecule has 3 aromatic rings. The van der Waals surface area contributed by atoms with Gasteiger partial charge in [0.2, 0.25) is 0 Å². The molecule has 0 amide bonds. The van der Waals surface area contributed by atoms with Crippen LogP contribution in [0.25, 0.3) is 11.1 Å². The first-order chi connectivity index (χ1) is 15.1. The fourth-order valence-corrected chi connectivity index (χ4v) is 4.33. The zero-order valence-corrected chi connectivity index (χ0v) is 19.3. The highest BCUT2D eigenvalue weighted by Gasteiger charge is 2.13. The van der Waals surface area contributed by atoms with Crippen molar-refractivity contribution in [1.82, 2.24) is 4.90 Å². The van der Waals surface area contributed by atoms with Crippen LogP contribution in [-0.4, -0.2) is 31.1 Å². The van der Waals surface area contributed by atoms with Gasteiger partial charge in [-0.2, -0.15) is 0 Å². The summed E-state index contributed by atoms with van der Waals surface area (Å²) in [5, 5.41) is 1.47. The fraction of sp³-hybridized carbons (Fsp3) is 0.259. The Labute approximate surface area is 195 Å². The number of allylic oxidation sites excluding steroid dienone is 1. The lowest BCUT2D eigenvalue weighted by atomic mass is 9.90. The van der Waals surface area contributed by atoms with Crippen LogP contribution in [0.1, 0.15) is 36.5 Å². The largest absolute Gasteiger partial charge is 0.492 e. The predicted octanol–water partition coefficient (Wildman–Crippen LogP) is 7.45. The number of benzene rings is 3. The zero-order valence-electron chi connectivity index (χ0n) is 17.8. The molecule has 1 aliphatic rings. The standard InChI is InChI=1S/C27H27Cl2NO/c1-20(21-4-10-24(28)11-5-21)27(22-6-12-25(29)13-7-22)23-8-14-26(15-9-23)31-19-18-30-16-2-3-17-30/h4-15H,2-3,16-19H2,1H3/b27-20+. The molecule has 0 unspecified atom stereocenters. The third-order valence-corrected chi connectivity index (χ3v) is 6.31. The van der Waals surface area contributed by atoms with Crippen molar-refractivity contribution in [3.05, 3.63) is 99.5 Å². The average molecular weight is 452 g/mol. The summed E-state index contributed by atoms with van der Waals surface area (Å²) in [6.45, 7) is 6.26. The number of rotatable bonds is 7. The van der Waals surface area contributed by atoms with Crippen LogP contribution < -0.4 is 4.74 Å². The molecular weight excluding hydrogens is 425 g/mol. The maximum Gasteiger partial charge on any atom is 0.119 e. The van der Waals surface area contributed by atoms with Crippen molar-refractivity contribution in [1.29, 1.82) is 0 Å². The SMILES string of the molecule is C/C(=C(/c1ccc(Cl)cc1)c1ccc(OCCN2CCCC2)cc1)c1ccc(Cl)cc1. The molecule has 0 aromatic heterocycles. The van der Waals surface area contributed by atoms with Gasteiger partial charge in [0.15, 0.2) is 0 Å². The first-order valence-corrected chi connectivity index (χ1v) is 11.5. The fourth-order valence-electron chi connectivity index (χ4n) is 4.08. The lowest BCUT2D eigenvalue weighted by Crippen LogP contribution is -2.25. The maximum absolute atomic E-state index is 6.14. The third kappa shape index (κ3) is 5.71. The second-order valence-electron chi connectivity index (χ2n) is 7.94. The third-order valence-electron chi connectivity index (χ3n) is 5.80. The summed E-state index contributed by atoms with van der Waals surface area (Å²) in [4.78, 5) is 2.46. The van der Waals surface area contributed by atoms with Crippen LogP contribution in [0, 0.1) is 0 Å². The highest BCUT2D eigenvalue weighted by atomic mass is 35.5. The molecule has 31 heavy (non-hydrogen) atoms. The Hall–Kier alpha value is -2.26. The highest BCUT2D eigenvalue weighted by Crippen LogP contribution is 2.34. The van der Waals surface area contributed by atoms with E-state index in [0.29, 0.717) is 0 Å². The van der Waals surface area contributed by atoms with Gasteiger partial charge in [-0.15, -0.1) is 0 Å². The van der Waals surface area contributed by atoms with Gasteiger partial charge < -0.3 is 4.74 Å². The van der Waals surface area contributed by atoms with Crippen LogP contribution in [0.15, 0.2) is 72.8 Å². The van der Waals surface area contributed by atoms with Gasteiger partial charge in [0.25, 0.3) is 0 Å². The van der Waals surface area contributed by atoms with Gasteiger partial charge >= 0.3 is 0 Å². The molecular formula is C27H27Cl2NO. The Morgan fingerprint density at radius 2 is 1.23 bits per heavy atom. The van der Waals surface area contributed by atoms with E-state index >= 15 is 0 Å². The Kier molecular flexibility index (Phi) is 7.34. The quantitative estimate of drug-likeness (QED) is 0.345. The molecule has 4 heteroatoms. The van der Waals surface area contributed by atoms with E-state index in [2.05, 4.69) is 60.4 Å². The summed E-state index contributed by atoms with van der Waals surface area (Å²) >= 11 is 12.2. The molecule has 0 aliphatic carbocycles. The van der Waals surface area contributed by atoms with Gasteiger partial charge in [-0.05, 0) is 97.1 Å². The Balaban J connectivity index is 1.59. The van der Waals surface area contributed by atoms with E-state index in [0.717, 1.165) is 45.6 Å². The molecule has 0 spiro atoms. The number of halogens is 2. The molecule has 0 saturated carbocycles. The maximum atomic E-state index is 6.14. The first-order valence-electron chi connectivity index (χ1n) is 10.8. The summed E-state index contributed by atoms with van der Waals surface area (Å²) in [6, 6.07) is 24.4. The Morgan fingerprint density at radius 3 is 1.77 bits per heavy atom. The topological polar surface area (TPSA) is 12.5 Å². The summed E-state index contributed by atoms with van der Waals surface area (Å²) in [6.07, 6.45) is 2.61. The molecule has 3 aromatic carbocycles. The number of likely N-dealkylation sites (tertiary alicyclic amines) is 1. The first kappa shape index (κ1) is 22.0. The number of hydrogen-bond donors (Lipinski definition) is 0. The summed E-state index contributed by atoms with van der Waals surface area (Å²) in [7, 11) is 0. The summed E-state index contributed by atoms with van der Waals surface area (Å²) in [5.41, 5.74) is 5.76. The van der Waals surface area contributed by atoms with E-state index in [-0.39, 0.29) is 0 Å². The average Bonchev–Trinajstić information content (AvgIpc) is 3.30. The Bertz CT molecular complexity index is 1020. The minimum absolute atomic E-state index is 0.725. The van der Waals surface area contributed by atoms with E-state index in [1.807, 2.05) is 24.3 Å². The van der Waals surface area contributed by atoms with E-state index in [9.17, 15) is 0 Å². The van der Waals surface area contributed by atoms with Gasteiger partial charge in [0.1, 0.15) is 12.4 Å². The van der Waals surface area contributed by atoms with Crippen LogP contribution in [0.3, 0.4) is 0 Å². The van der Waals surface area contributed by atoms with Gasteiger partial charge in [-0.25, -0.2) is 0 Å². The molecule has 4 rings (SSSR count). The van der Waals surface area contributed by atoms with Gasteiger partial charge in [0, 0.05) is 16.6 Å². The predicted molar refractivity (Wildman–Crippen MR) is 132 cm³/mol. The van der Waals surface area contributed by atoms with E-state index in [1.165, 1.54) is 37.1 Å². The van der Waals surface area contributed by atoms with Crippen LogP contribution in [0.5, 0.6) is 5.75 Å². The van der Waals surface area contributed by atoms with Crippen molar-refractivity contribution in [3.8, 4) is 5.75 Å². The second-order valence-corrected chi connectivity index (χ2v) is 8.81. The summed E-state index contributed by atoms with van der Waals surface area (Å²) < 4.78 is 5.99. The van der Waals surface area contributed by atoms with Crippen LogP contribution >= 0.6 is 23.2 Å². The number of hydrogen-bond acceptors (Lipinski definition) is 2. The lowest BCUT2D eigenvalue weighted by Gasteiger charge is -2.16. The normalized spacial score (nSPS) is 15.1. The minimum Gasteiger partial charge on any atom is -0.492 e. The van der Waals surface area contributed by atoms with Gasteiger partial charge in [-0.1, -0.05) is 59.6 Å². The van der Waals surface area contributed by atoms with Crippen molar-refractivity contribution in [3.63, 3.8) is 0 Å². The smallest absolute Gasteiger partial charge is 0.119 e. The molecule has 0 bridgehead atoms. The number of nitrogens with zero attached hydrogens (tertiary/aromatic N) is 1. The number of ether oxygens (including phenoxy) is 1. The molecule has 0 radical (unpaired) electrons. The molecule has 160 valence electrons. The van der Waals surface area contributed by atoms with Crippen molar-refractivity contribution in [2.24, 2.45) is 0 Å². The molecule has 1 saturated heterocycles. The molecule has 1 aliphatic heterocycles. The van der Waals surface area contributed by atoms with Crippen molar-refractivity contribution >= 4 is 34.3 Å². The van der Waals surface area contributed by atoms with Crippen LogP contribution in [0.4, 0.5) is 0 Å². The van der Waals surface area contributed by atoms with Crippen molar-refractivity contribution in [2.45, 2.75) is 19.8 Å². The van der Waals surface area contributed by atoms with Crippen molar-refractivity contribution < 1.29 is 4.74 Å². The molecule has 2 nitrogen and oxygen atoms in total.